The summed E-state index contributed by atoms with van der Waals surface area (Å²) >= 11 is 0. The van der Waals surface area contributed by atoms with E-state index in [2.05, 4.69) is 163 Å². The molecule has 10 rings (SSSR count). The highest BCUT2D eigenvalue weighted by molar-refractivity contribution is 6.22. The van der Waals surface area contributed by atoms with Gasteiger partial charge in [0.1, 0.15) is 0 Å². The lowest BCUT2D eigenvalue weighted by atomic mass is 9.94. The number of nitrogens with zero attached hydrogens (tertiary/aromatic N) is 4. The van der Waals surface area contributed by atoms with Gasteiger partial charge in [0.15, 0.2) is 5.82 Å². The highest BCUT2D eigenvalue weighted by atomic mass is 14.9. The molecular formula is C50H32N4. The molecule has 0 aliphatic rings. The van der Waals surface area contributed by atoms with Gasteiger partial charge in [0.2, 0.25) is 0 Å². The Kier molecular flexibility index (Phi) is 7.77. The summed E-state index contributed by atoms with van der Waals surface area (Å²) in [6.45, 7) is 0. The van der Waals surface area contributed by atoms with E-state index in [1.54, 1.807) is 6.20 Å². The van der Waals surface area contributed by atoms with Crippen molar-refractivity contribution in [3.63, 3.8) is 0 Å². The van der Waals surface area contributed by atoms with Crippen molar-refractivity contribution in [1.29, 1.82) is 0 Å². The minimum atomic E-state index is 0.658. The van der Waals surface area contributed by atoms with Crippen molar-refractivity contribution in [3.05, 3.63) is 194 Å². The van der Waals surface area contributed by atoms with Gasteiger partial charge in [0.05, 0.1) is 28.3 Å². The number of fused-ring (bicyclic) bond motifs is 5. The van der Waals surface area contributed by atoms with Crippen LogP contribution in [0.1, 0.15) is 0 Å². The lowest BCUT2D eigenvalue weighted by molar-refractivity contribution is 1.16. The maximum Gasteiger partial charge on any atom is 0.160 e. The van der Waals surface area contributed by atoms with Crippen molar-refractivity contribution in [2.75, 3.05) is 0 Å². The molecule has 0 saturated heterocycles. The third kappa shape index (κ3) is 5.76. The third-order valence-electron chi connectivity index (χ3n) is 10.1. The average Bonchev–Trinajstić information content (AvgIpc) is 3.26. The molecule has 0 saturated carbocycles. The molecule has 0 bridgehead atoms. The van der Waals surface area contributed by atoms with E-state index < -0.39 is 0 Å². The molecule has 0 spiro atoms. The highest BCUT2D eigenvalue weighted by Crippen LogP contribution is 2.38. The maximum atomic E-state index is 5.20. The van der Waals surface area contributed by atoms with Gasteiger partial charge in [-0.25, -0.2) is 15.0 Å². The van der Waals surface area contributed by atoms with Gasteiger partial charge in [-0.05, 0) is 63.4 Å². The average molecular weight is 689 g/mol. The van der Waals surface area contributed by atoms with Crippen LogP contribution in [-0.2, 0) is 0 Å². The molecule has 0 N–H and O–H groups in total. The molecule has 0 unspecified atom stereocenters. The SMILES string of the molecule is c1ccc(-c2ccc(-c3nc(-c4cccc(-c5ccc(-c6nc7ccccc7c7c6ccc6ccccc67)cc5)c4)cc(-c4ccccn4)n3)cc2)cc1. The Morgan fingerprint density at radius 3 is 1.76 bits per heavy atom. The van der Waals surface area contributed by atoms with Crippen LogP contribution in [0.3, 0.4) is 0 Å². The first-order valence-electron chi connectivity index (χ1n) is 18.1. The minimum Gasteiger partial charge on any atom is -0.255 e. The van der Waals surface area contributed by atoms with Gasteiger partial charge in [0.25, 0.3) is 0 Å². The van der Waals surface area contributed by atoms with Gasteiger partial charge in [0, 0.05) is 39.0 Å². The largest absolute Gasteiger partial charge is 0.255 e. The number of pyridine rings is 2. The Morgan fingerprint density at radius 2 is 0.944 bits per heavy atom. The van der Waals surface area contributed by atoms with Gasteiger partial charge in [-0.1, -0.05) is 158 Å². The fourth-order valence-electron chi connectivity index (χ4n) is 7.43. The predicted octanol–water partition coefficient (Wildman–Crippen LogP) is 12.7. The zero-order chi connectivity index (χ0) is 35.8. The molecule has 7 aromatic carbocycles. The second kappa shape index (κ2) is 13.4. The van der Waals surface area contributed by atoms with Crippen LogP contribution in [0.15, 0.2) is 194 Å². The summed E-state index contributed by atoms with van der Waals surface area (Å²) in [7, 11) is 0. The summed E-state index contributed by atoms with van der Waals surface area (Å²) in [5.74, 6) is 0.658. The first-order chi connectivity index (χ1) is 26.7. The molecule has 0 fully saturated rings. The van der Waals surface area contributed by atoms with Crippen molar-refractivity contribution in [3.8, 4) is 67.5 Å². The Labute approximate surface area is 313 Å². The lowest BCUT2D eigenvalue weighted by Gasteiger charge is -2.13. The number of benzene rings is 7. The van der Waals surface area contributed by atoms with E-state index >= 15 is 0 Å². The quantitative estimate of drug-likeness (QED) is 0.163. The standard InChI is InChI=1S/C50H32N4/c1-2-11-33(12-3-1)34-22-26-38(27-23-34)50-53-46(32-47(54-50)45-19-8-9-30-51-45)40-15-10-14-39(31-40)35-20-24-37(25-21-35)49-43-29-28-36-13-4-5-16-41(36)48(43)42-17-6-7-18-44(42)52-49/h1-32H. The second-order valence-electron chi connectivity index (χ2n) is 13.5. The van der Waals surface area contributed by atoms with Crippen molar-refractivity contribution >= 4 is 32.4 Å². The number of hydrogen-bond donors (Lipinski definition) is 0. The van der Waals surface area contributed by atoms with Crippen molar-refractivity contribution in [2.24, 2.45) is 0 Å². The molecule has 4 heteroatoms. The van der Waals surface area contributed by atoms with E-state index in [9.17, 15) is 0 Å². The van der Waals surface area contributed by atoms with Crippen molar-refractivity contribution in [2.45, 2.75) is 0 Å². The van der Waals surface area contributed by atoms with E-state index in [1.165, 1.54) is 27.1 Å². The summed E-state index contributed by atoms with van der Waals surface area (Å²) in [5, 5.41) is 6.04. The Morgan fingerprint density at radius 1 is 0.315 bits per heavy atom. The number of aromatic nitrogens is 4. The fraction of sp³-hybridized carbons (Fsp3) is 0. The van der Waals surface area contributed by atoms with Crippen molar-refractivity contribution in [1.82, 2.24) is 19.9 Å². The van der Waals surface area contributed by atoms with Crippen molar-refractivity contribution < 1.29 is 0 Å². The summed E-state index contributed by atoms with van der Waals surface area (Å²) < 4.78 is 0. The topological polar surface area (TPSA) is 51.6 Å². The van der Waals surface area contributed by atoms with Crippen LogP contribution in [-0.4, -0.2) is 19.9 Å². The van der Waals surface area contributed by atoms with Gasteiger partial charge < -0.3 is 0 Å². The summed E-state index contributed by atoms with van der Waals surface area (Å²) in [6, 6.07) is 65.6. The highest BCUT2D eigenvalue weighted by Gasteiger charge is 2.15. The second-order valence-corrected chi connectivity index (χ2v) is 13.5. The molecule has 252 valence electrons. The van der Waals surface area contributed by atoms with Gasteiger partial charge in [-0.2, -0.15) is 0 Å². The predicted molar refractivity (Wildman–Crippen MR) is 223 cm³/mol. The molecule has 10 aromatic rings. The number of para-hydroxylation sites is 1. The van der Waals surface area contributed by atoms with E-state index in [-0.39, 0.29) is 0 Å². The van der Waals surface area contributed by atoms with Crippen LogP contribution in [0.4, 0.5) is 0 Å². The smallest absolute Gasteiger partial charge is 0.160 e. The lowest BCUT2D eigenvalue weighted by Crippen LogP contribution is -1.97. The Hall–Kier alpha value is -7.30. The molecule has 0 atom stereocenters. The zero-order valence-electron chi connectivity index (χ0n) is 29.3. The van der Waals surface area contributed by atoms with Gasteiger partial charge >= 0.3 is 0 Å². The molecule has 4 nitrogen and oxygen atoms in total. The Bertz CT molecular complexity index is 2940. The molecule has 0 aliphatic carbocycles. The van der Waals surface area contributed by atoms with Crippen LogP contribution in [0.25, 0.3) is 100.0 Å². The summed E-state index contributed by atoms with van der Waals surface area (Å²) in [4.78, 5) is 19.9. The zero-order valence-corrected chi connectivity index (χ0v) is 29.3. The fourth-order valence-corrected chi connectivity index (χ4v) is 7.43. The van der Waals surface area contributed by atoms with E-state index in [0.29, 0.717) is 5.82 Å². The first-order valence-corrected chi connectivity index (χ1v) is 18.1. The van der Waals surface area contributed by atoms with Crippen LogP contribution >= 0.6 is 0 Å². The maximum absolute atomic E-state index is 5.20. The first kappa shape index (κ1) is 31.4. The molecule has 3 aromatic heterocycles. The Balaban J connectivity index is 1.03. The normalized spacial score (nSPS) is 11.3. The van der Waals surface area contributed by atoms with Crippen LogP contribution in [0, 0.1) is 0 Å². The molecule has 0 radical (unpaired) electrons. The number of hydrogen-bond acceptors (Lipinski definition) is 4. The minimum absolute atomic E-state index is 0.658. The summed E-state index contributed by atoms with van der Waals surface area (Å²) in [5.41, 5.74) is 12.0. The van der Waals surface area contributed by atoms with Gasteiger partial charge in [-0.15, -0.1) is 0 Å². The van der Waals surface area contributed by atoms with Gasteiger partial charge in [-0.3, -0.25) is 4.98 Å². The van der Waals surface area contributed by atoms with Crippen LogP contribution in [0.2, 0.25) is 0 Å². The van der Waals surface area contributed by atoms with Crippen LogP contribution < -0.4 is 0 Å². The van der Waals surface area contributed by atoms with E-state index in [4.69, 9.17) is 15.0 Å². The molecule has 3 heterocycles. The monoisotopic (exact) mass is 688 g/mol. The molecular weight excluding hydrogens is 657 g/mol. The van der Waals surface area contributed by atoms with E-state index in [0.717, 1.165) is 67.1 Å². The third-order valence-corrected chi connectivity index (χ3v) is 10.1. The molecule has 54 heavy (non-hydrogen) atoms. The van der Waals surface area contributed by atoms with Crippen LogP contribution in [0.5, 0.6) is 0 Å². The molecule has 0 amide bonds. The molecule has 0 aliphatic heterocycles. The number of rotatable bonds is 6. The summed E-state index contributed by atoms with van der Waals surface area (Å²) in [6.07, 6.45) is 1.80. The van der Waals surface area contributed by atoms with E-state index in [1.807, 2.05) is 30.3 Å².